The summed E-state index contributed by atoms with van der Waals surface area (Å²) in [5, 5.41) is 7.02. The van der Waals surface area contributed by atoms with Crippen LogP contribution in [0.1, 0.15) is 49.9 Å². The van der Waals surface area contributed by atoms with E-state index in [0.29, 0.717) is 12.1 Å². The number of aliphatic imine (C=N–C) groups is 1. The maximum absolute atomic E-state index is 4.80. The number of aromatic nitrogens is 1. The molecule has 1 aliphatic carbocycles. The van der Waals surface area contributed by atoms with Gasteiger partial charge >= 0.3 is 0 Å². The highest BCUT2D eigenvalue weighted by molar-refractivity contribution is 14.0. The third kappa shape index (κ3) is 3.59. The average molecular weight is 392 g/mol. The SMILES string of the molecule is CC(NC1=N[C@H]2CCCCC[C@H]2N1)c1ccns1.I. The standard InChI is InChI=1S/C13H20N4S.HI/c1-9(12-7-8-14-18-12)15-13-16-10-5-3-2-4-6-11(10)17-13;/h7-11H,2-6H2,1H3,(H2,15,16,17);1H/t9?,10-,11+;. The molecule has 0 radical (unpaired) electrons. The van der Waals surface area contributed by atoms with Gasteiger partial charge in [-0.25, -0.2) is 9.37 Å². The van der Waals surface area contributed by atoms with Gasteiger partial charge in [0.05, 0.1) is 18.1 Å². The van der Waals surface area contributed by atoms with Crippen LogP contribution in [-0.2, 0) is 0 Å². The van der Waals surface area contributed by atoms with E-state index in [1.165, 1.54) is 37.0 Å². The van der Waals surface area contributed by atoms with E-state index in [0.717, 1.165) is 5.96 Å². The topological polar surface area (TPSA) is 49.3 Å². The van der Waals surface area contributed by atoms with Crippen molar-refractivity contribution in [2.24, 2.45) is 4.99 Å². The largest absolute Gasteiger partial charge is 0.351 e. The van der Waals surface area contributed by atoms with Crippen LogP contribution in [0, 0.1) is 0 Å². The number of halogens is 1. The van der Waals surface area contributed by atoms with Gasteiger partial charge in [0.25, 0.3) is 0 Å². The third-order valence-corrected chi connectivity index (χ3v) is 4.76. The van der Waals surface area contributed by atoms with E-state index >= 15 is 0 Å². The van der Waals surface area contributed by atoms with Crippen molar-refractivity contribution in [3.8, 4) is 0 Å². The molecule has 2 heterocycles. The normalized spacial score (nSPS) is 27.3. The first-order valence-electron chi connectivity index (χ1n) is 6.84. The average Bonchev–Trinajstić information content (AvgIpc) is 2.96. The van der Waals surface area contributed by atoms with Gasteiger partial charge in [0.15, 0.2) is 5.96 Å². The Morgan fingerprint density at radius 1 is 1.37 bits per heavy atom. The first-order chi connectivity index (χ1) is 8.83. The van der Waals surface area contributed by atoms with Crippen molar-refractivity contribution in [3.63, 3.8) is 0 Å². The van der Waals surface area contributed by atoms with Crippen LogP contribution >= 0.6 is 35.5 Å². The minimum Gasteiger partial charge on any atom is -0.351 e. The predicted octanol–water partition coefficient (Wildman–Crippen LogP) is 3.07. The van der Waals surface area contributed by atoms with Crippen molar-refractivity contribution >= 4 is 41.5 Å². The molecule has 1 fully saturated rings. The summed E-state index contributed by atoms with van der Waals surface area (Å²) in [6.45, 7) is 2.16. The second kappa shape index (κ2) is 6.88. The van der Waals surface area contributed by atoms with Crippen molar-refractivity contribution < 1.29 is 0 Å². The van der Waals surface area contributed by atoms with Crippen molar-refractivity contribution in [3.05, 3.63) is 17.1 Å². The molecule has 0 spiro atoms. The molecule has 1 unspecified atom stereocenters. The fourth-order valence-corrected chi connectivity index (χ4v) is 3.38. The van der Waals surface area contributed by atoms with Gasteiger partial charge in [0.1, 0.15) is 0 Å². The lowest BCUT2D eigenvalue weighted by Crippen LogP contribution is -2.41. The van der Waals surface area contributed by atoms with Gasteiger partial charge in [-0.1, -0.05) is 19.3 Å². The molecule has 106 valence electrons. The van der Waals surface area contributed by atoms with E-state index in [4.69, 9.17) is 4.99 Å². The fourth-order valence-electron chi connectivity index (χ4n) is 2.79. The zero-order valence-electron chi connectivity index (χ0n) is 11.1. The zero-order chi connectivity index (χ0) is 12.4. The van der Waals surface area contributed by atoms with E-state index < -0.39 is 0 Å². The Balaban J connectivity index is 0.00000133. The molecule has 0 amide bonds. The van der Waals surface area contributed by atoms with Gasteiger partial charge in [-0.3, -0.25) is 0 Å². The van der Waals surface area contributed by atoms with Crippen LogP contribution in [0.4, 0.5) is 0 Å². The Morgan fingerprint density at radius 2 is 2.21 bits per heavy atom. The molecule has 6 heteroatoms. The molecular weight excluding hydrogens is 371 g/mol. The monoisotopic (exact) mass is 392 g/mol. The Bertz CT molecular complexity index is 420. The van der Waals surface area contributed by atoms with Crippen LogP contribution in [0.2, 0.25) is 0 Å². The highest BCUT2D eigenvalue weighted by Crippen LogP contribution is 2.24. The first kappa shape index (κ1) is 15.0. The minimum absolute atomic E-state index is 0. The second-order valence-electron chi connectivity index (χ2n) is 5.21. The van der Waals surface area contributed by atoms with E-state index in [1.807, 2.05) is 6.20 Å². The number of nitrogens with one attached hydrogen (secondary N) is 2. The van der Waals surface area contributed by atoms with Gasteiger partial charge in [-0.05, 0) is 37.4 Å². The fraction of sp³-hybridized carbons (Fsp3) is 0.692. The number of rotatable bonds is 2. The third-order valence-electron chi connectivity index (χ3n) is 3.83. The lowest BCUT2D eigenvalue weighted by molar-refractivity contribution is 0.497. The molecule has 0 aromatic carbocycles. The van der Waals surface area contributed by atoms with Crippen molar-refractivity contribution in [1.82, 2.24) is 15.0 Å². The van der Waals surface area contributed by atoms with Crippen LogP contribution in [0.5, 0.6) is 0 Å². The smallest absolute Gasteiger partial charge is 0.192 e. The van der Waals surface area contributed by atoms with Gasteiger partial charge in [-0.15, -0.1) is 24.0 Å². The predicted molar refractivity (Wildman–Crippen MR) is 90.3 cm³/mol. The molecule has 0 bridgehead atoms. The van der Waals surface area contributed by atoms with Crippen molar-refractivity contribution in [2.45, 2.75) is 57.2 Å². The zero-order valence-corrected chi connectivity index (χ0v) is 14.3. The molecule has 3 atom stereocenters. The minimum atomic E-state index is 0. The molecule has 3 rings (SSSR count). The van der Waals surface area contributed by atoms with E-state index in [2.05, 4.69) is 28.0 Å². The molecule has 19 heavy (non-hydrogen) atoms. The lowest BCUT2D eigenvalue weighted by atomic mass is 10.1. The molecule has 1 aliphatic heterocycles. The van der Waals surface area contributed by atoms with Gasteiger partial charge in [-0.2, -0.15) is 0 Å². The molecule has 2 aliphatic rings. The molecule has 1 saturated carbocycles. The molecular formula is C13H21IN4S. The van der Waals surface area contributed by atoms with Crippen LogP contribution in [0.25, 0.3) is 0 Å². The first-order valence-corrected chi connectivity index (χ1v) is 7.62. The molecule has 1 aromatic rings. The van der Waals surface area contributed by atoms with Crippen LogP contribution < -0.4 is 10.6 Å². The van der Waals surface area contributed by atoms with Crippen LogP contribution in [-0.4, -0.2) is 22.4 Å². The van der Waals surface area contributed by atoms with Crippen LogP contribution in [0.15, 0.2) is 17.3 Å². The van der Waals surface area contributed by atoms with Gasteiger partial charge < -0.3 is 10.6 Å². The quantitative estimate of drug-likeness (QED) is 0.761. The summed E-state index contributed by atoms with van der Waals surface area (Å²) in [6.07, 6.45) is 8.37. The van der Waals surface area contributed by atoms with E-state index in [-0.39, 0.29) is 30.0 Å². The van der Waals surface area contributed by atoms with Gasteiger partial charge in [0, 0.05) is 11.1 Å². The number of nitrogens with zero attached hydrogens (tertiary/aromatic N) is 2. The molecule has 4 nitrogen and oxygen atoms in total. The van der Waals surface area contributed by atoms with Crippen LogP contribution in [0.3, 0.4) is 0 Å². The summed E-state index contributed by atoms with van der Waals surface area (Å²) in [4.78, 5) is 6.05. The number of hydrogen-bond acceptors (Lipinski definition) is 5. The number of guanidine groups is 1. The number of hydrogen-bond donors (Lipinski definition) is 2. The van der Waals surface area contributed by atoms with E-state index in [9.17, 15) is 0 Å². The molecule has 1 aromatic heterocycles. The highest BCUT2D eigenvalue weighted by Gasteiger charge is 2.30. The highest BCUT2D eigenvalue weighted by atomic mass is 127. The summed E-state index contributed by atoms with van der Waals surface area (Å²) in [6, 6.07) is 3.40. The Labute approximate surface area is 135 Å². The van der Waals surface area contributed by atoms with Crippen molar-refractivity contribution in [1.29, 1.82) is 0 Å². The maximum atomic E-state index is 4.80. The Hall–Kier alpha value is -0.370. The second-order valence-corrected chi connectivity index (χ2v) is 6.08. The Morgan fingerprint density at radius 3 is 3.00 bits per heavy atom. The number of fused-ring (bicyclic) bond motifs is 1. The molecule has 0 saturated heterocycles. The maximum Gasteiger partial charge on any atom is 0.192 e. The molecule has 2 N–H and O–H groups in total. The lowest BCUT2D eigenvalue weighted by Gasteiger charge is -2.16. The summed E-state index contributed by atoms with van der Waals surface area (Å²) in [7, 11) is 0. The summed E-state index contributed by atoms with van der Waals surface area (Å²) >= 11 is 1.55. The van der Waals surface area contributed by atoms with Gasteiger partial charge in [0.2, 0.25) is 0 Å². The van der Waals surface area contributed by atoms with E-state index in [1.54, 1.807) is 11.5 Å². The summed E-state index contributed by atoms with van der Waals surface area (Å²) < 4.78 is 4.14. The summed E-state index contributed by atoms with van der Waals surface area (Å²) in [5.74, 6) is 0.979. The Kier molecular flexibility index (Phi) is 5.44. The summed E-state index contributed by atoms with van der Waals surface area (Å²) in [5.41, 5.74) is 0. The van der Waals surface area contributed by atoms with Crippen molar-refractivity contribution in [2.75, 3.05) is 0 Å².